The number of fused-ring (bicyclic) bond motifs is 1. The van der Waals surface area contributed by atoms with E-state index in [4.69, 9.17) is 10.5 Å². The van der Waals surface area contributed by atoms with Crippen LogP contribution in [0, 0.1) is 0 Å². The predicted octanol–water partition coefficient (Wildman–Crippen LogP) is 1.07. The normalized spacial score (nSPS) is 23.8. The first kappa shape index (κ1) is 24.1. The fourth-order valence-electron chi connectivity index (χ4n) is 3.93. The van der Waals surface area contributed by atoms with Crippen molar-refractivity contribution in [2.75, 3.05) is 30.3 Å². The Morgan fingerprint density at radius 1 is 1.19 bits per heavy atom. The van der Waals surface area contributed by atoms with Crippen molar-refractivity contribution in [3.63, 3.8) is 0 Å². The van der Waals surface area contributed by atoms with Crippen molar-refractivity contribution in [1.82, 2.24) is 19.5 Å². The van der Waals surface area contributed by atoms with Gasteiger partial charge in [0.05, 0.1) is 12.9 Å². The molecule has 5 N–H and O–H groups in total. The van der Waals surface area contributed by atoms with Gasteiger partial charge >= 0.3 is 0 Å². The summed E-state index contributed by atoms with van der Waals surface area (Å²) in [7, 11) is 0. The number of likely N-dealkylation sites (N-methyl/N-ethyl adjacent to an activating group) is 1. The molecule has 0 spiro atoms. The van der Waals surface area contributed by atoms with E-state index >= 15 is 0 Å². The number of rotatable bonds is 7. The molecule has 11 heteroatoms. The van der Waals surface area contributed by atoms with Gasteiger partial charge in [-0.1, -0.05) is 37.3 Å². The second-order valence-corrected chi connectivity index (χ2v) is 7.81. The quantitative estimate of drug-likeness (QED) is 0.403. The summed E-state index contributed by atoms with van der Waals surface area (Å²) < 4.78 is 7.16. The predicted molar refractivity (Wildman–Crippen MR) is 123 cm³/mol. The average Bonchev–Trinajstić information content (AvgIpc) is 3.33. The third-order valence-corrected chi connectivity index (χ3v) is 5.76. The lowest BCUT2D eigenvalue weighted by Crippen LogP contribution is -2.33. The zero-order chi connectivity index (χ0) is 22.1. The average molecular weight is 465 g/mol. The van der Waals surface area contributed by atoms with E-state index in [-0.39, 0.29) is 24.1 Å². The first-order chi connectivity index (χ1) is 14.9. The maximum atomic E-state index is 10.4. The highest BCUT2D eigenvalue weighted by Gasteiger charge is 2.44. The van der Waals surface area contributed by atoms with Crippen LogP contribution < -0.4 is 10.6 Å². The Labute approximate surface area is 192 Å². The molecule has 1 aliphatic rings. The van der Waals surface area contributed by atoms with Crippen LogP contribution in [0.2, 0.25) is 0 Å². The molecule has 3 unspecified atom stereocenters. The molecule has 4 rings (SSSR count). The van der Waals surface area contributed by atoms with Gasteiger partial charge < -0.3 is 30.7 Å². The van der Waals surface area contributed by atoms with Gasteiger partial charge in [0.1, 0.15) is 23.8 Å². The summed E-state index contributed by atoms with van der Waals surface area (Å²) in [5, 5.41) is 29.9. The van der Waals surface area contributed by atoms with Gasteiger partial charge in [-0.25, -0.2) is 4.98 Å². The number of anilines is 2. The molecule has 0 aliphatic carbocycles. The van der Waals surface area contributed by atoms with Gasteiger partial charge in [-0.3, -0.25) is 4.57 Å². The van der Waals surface area contributed by atoms with Crippen LogP contribution in [0.4, 0.5) is 11.8 Å². The fraction of sp³-hybridized carbons (Fsp3) is 0.476. The Bertz CT molecular complexity index is 1040. The first-order valence-corrected chi connectivity index (χ1v) is 10.4. The van der Waals surface area contributed by atoms with Gasteiger partial charge in [-0.15, -0.1) is 12.4 Å². The Kier molecular flexibility index (Phi) is 7.52. The summed E-state index contributed by atoms with van der Waals surface area (Å²) in [4.78, 5) is 15.4. The van der Waals surface area contributed by atoms with Crippen molar-refractivity contribution in [1.29, 1.82) is 0 Å². The van der Waals surface area contributed by atoms with Crippen LogP contribution in [0.25, 0.3) is 11.2 Å². The maximum Gasteiger partial charge on any atom is 0.229 e. The molecule has 3 heterocycles. The fourth-order valence-corrected chi connectivity index (χ4v) is 3.93. The van der Waals surface area contributed by atoms with Crippen molar-refractivity contribution < 1.29 is 20.1 Å². The number of nitrogens with two attached hydrogens (primary N) is 1. The molecule has 2 aromatic heterocycles. The van der Waals surface area contributed by atoms with Crippen LogP contribution in [-0.2, 0) is 4.74 Å². The van der Waals surface area contributed by atoms with Crippen LogP contribution in [0.5, 0.6) is 0 Å². The zero-order valence-electron chi connectivity index (χ0n) is 17.9. The van der Waals surface area contributed by atoms with Crippen molar-refractivity contribution in [3.05, 3.63) is 42.2 Å². The smallest absolute Gasteiger partial charge is 0.229 e. The SMILES string of the molecule is CCN(CC(C)c1ccccc1)c1nc(N)c2ncn([C@@H]3O[C@H](CO)C(O)C3O)c2n1.Cl. The first-order valence-electron chi connectivity index (χ1n) is 10.4. The molecule has 0 saturated carbocycles. The monoisotopic (exact) mass is 464 g/mol. The molecule has 10 nitrogen and oxygen atoms in total. The summed E-state index contributed by atoms with van der Waals surface area (Å²) in [5.74, 6) is 0.909. The van der Waals surface area contributed by atoms with Crippen LogP contribution in [0.3, 0.4) is 0 Å². The molecule has 1 aromatic carbocycles. The van der Waals surface area contributed by atoms with Crippen LogP contribution >= 0.6 is 12.4 Å². The number of halogens is 1. The van der Waals surface area contributed by atoms with E-state index in [1.54, 1.807) is 0 Å². The van der Waals surface area contributed by atoms with Gasteiger partial charge in [0.2, 0.25) is 5.95 Å². The molecular weight excluding hydrogens is 436 g/mol. The van der Waals surface area contributed by atoms with E-state index in [1.807, 2.05) is 30.0 Å². The minimum absolute atomic E-state index is 0. The lowest BCUT2D eigenvalue weighted by molar-refractivity contribution is -0.0511. The van der Waals surface area contributed by atoms with E-state index < -0.39 is 31.1 Å². The molecule has 0 bridgehead atoms. The minimum atomic E-state index is -1.24. The number of nitrogen functional groups attached to an aromatic ring is 1. The number of ether oxygens (including phenoxy) is 1. The number of aromatic nitrogens is 4. The Hall–Kier alpha value is -2.50. The van der Waals surface area contributed by atoms with Crippen molar-refractivity contribution >= 4 is 35.3 Å². The number of aliphatic hydroxyl groups is 3. The number of aliphatic hydroxyl groups excluding tert-OH is 3. The third kappa shape index (κ3) is 4.37. The minimum Gasteiger partial charge on any atom is -0.394 e. The Morgan fingerprint density at radius 3 is 2.53 bits per heavy atom. The number of benzene rings is 1. The summed E-state index contributed by atoms with van der Waals surface area (Å²) in [5.41, 5.74) is 8.16. The summed E-state index contributed by atoms with van der Waals surface area (Å²) in [6.45, 7) is 5.11. The largest absolute Gasteiger partial charge is 0.394 e. The number of hydrogen-bond acceptors (Lipinski definition) is 9. The molecule has 174 valence electrons. The second-order valence-electron chi connectivity index (χ2n) is 7.81. The molecule has 32 heavy (non-hydrogen) atoms. The van der Waals surface area contributed by atoms with Crippen molar-refractivity contribution in [2.45, 2.75) is 44.3 Å². The Balaban J connectivity index is 0.00000289. The van der Waals surface area contributed by atoms with E-state index in [1.165, 1.54) is 16.5 Å². The molecule has 1 saturated heterocycles. The zero-order valence-corrected chi connectivity index (χ0v) is 18.8. The number of nitrogens with zero attached hydrogens (tertiary/aromatic N) is 5. The topological polar surface area (TPSA) is 143 Å². The van der Waals surface area contributed by atoms with Crippen molar-refractivity contribution in [2.24, 2.45) is 0 Å². The van der Waals surface area contributed by atoms with Gasteiger partial charge in [-0.05, 0) is 18.4 Å². The molecule has 5 atom stereocenters. The highest BCUT2D eigenvalue weighted by molar-refractivity contribution is 5.85. The van der Waals surface area contributed by atoms with Crippen LogP contribution in [0.15, 0.2) is 36.7 Å². The van der Waals surface area contributed by atoms with Gasteiger partial charge in [0.15, 0.2) is 17.7 Å². The molecule has 3 aromatic rings. The summed E-state index contributed by atoms with van der Waals surface area (Å²) in [6, 6.07) is 10.2. The highest BCUT2D eigenvalue weighted by Crippen LogP contribution is 2.32. The van der Waals surface area contributed by atoms with E-state index in [9.17, 15) is 15.3 Å². The summed E-state index contributed by atoms with van der Waals surface area (Å²) in [6.07, 6.45) is -2.85. The standard InChI is InChI=1S/C21H28N6O4.ClH/c1-3-26(9-12(2)13-7-5-4-6-8-13)21-24-18(22)15-19(25-21)27(11-23-15)20-17(30)16(29)14(10-28)31-20;/h4-8,11-12,14,16-17,20,28-30H,3,9-10H2,1-2H3,(H2,22,24,25);1H/t12?,14-,16?,17?,20-;/m1./s1. The van der Waals surface area contributed by atoms with E-state index in [0.29, 0.717) is 30.2 Å². The van der Waals surface area contributed by atoms with Gasteiger partial charge in [0, 0.05) is 13.1 Å². The number of imidazole rings is 1. The lowest BCUT2D eigenvalue weighted by atomic mass is 10.0. The second kappa shape index (κ2) is 9.97. The van der Waals surface area contributed by atoms with Crippen LogP contribution in [0.1, 0.15) is 31.6 Å². The highest BCUT2D eigenvalue weighted by atomic mass is 35.5. The molecule has 1 aliphatic heterocycles. The Morgan fingerprint density at radius 2 is 1.91 bits per heavy atom. The van der Waals surface area contributed by atoms with Gasteiger partial charge in [0.25, 0.3) is 0 Å². The lowest BCUT2D eigenvalue weighted by Gasteiger charge is -2.25. The van der Waals surface area contributed by atoms with E-state index in [0.717, 1.165) is 0 Å². The maximum absolute atomic E-state index is 10.4. The number of hydrogen-bond donors (Lipinski definition) is 4. The third-order valence-electron chi connectivity index (χ3n) is 5.76. The van der Waals surface area contributed by atoms with Crippen molar-refractivity contribution in [3.8, 4) is 0 Å². The van der Waals surface area contributed by atoms with Crippen LogP contribution in [-0.4, -0.2) is 72.8 Å². The molecular formula is C21H29ClN6O4. The van der Waals surface area contributed by atoms with Gasteiger partial charge in [-0.2, -0.15) is 9.97 Å². The summed E-state index contributed by atoms with van der Waals surface area (Å²) >= 11 is 0. The van der Waals surface area contributed by atoms with E-state index in [2.05, 4.69) is 34.0 Å². The molecule has 0 amide bonds. The molecule has 1 fully saturated rings. The molecule has 0 radical (unpaired) electrons.